The van der Waals surface area contributed by atoms with Crippen LogP contribution in [0.4, 0.5) is 0 Å². The van der Waals surface area contributed by atoms with Crippen LogP contribution < -0.4 is 0 Å². The van der Waals surface area contributed by atoms with E-state index in [4.69, 9.17) is 4.74 Å². The molecule has 1 atom stereocenters. The Morgan fingerprint density at radius 3 is 2.74 bits per heavy atom. The zero-order valence-electron chi connectivity index (χ0n) is 10.4. The number of fused-ring (bicyclic) bond motifs is 1. The molecular weight excluding hydrogens is 248 g/mol. The van der Waals surface area contributed by atoms with Gasteiger partial charge in [0.15, 0.2) is 5.78 Å². The molecule has 1 aromatic carbocycles. The van der Waals surface area contributed by atoms with Gasteiger partial charge in [-0.15, -0.1) is 0 Å². The zero-order chi connectivity index (χ0) is 14.0. The molecule has 0 saturated carbocycles. The van der Waals surface area contributed by atoms with Crippen molar-refractivity contribution in [2.45, 2.75) is 25.9 Å². The van der Waals surface area contributed by atoms with E-state index in [-0.39, 0.29) is 35.2 Å². The summed E-state index contributed by atoms with van der Waals surface area (Å²) in [5.41, 5.74) is 0.284. The van der Waals surface area contributed by atoms with E-state index in [9.17, 15) is 19.8 Å². The Hall–Kier alpha value is -2.30. The molecule has 2 N–H and O–H groups in total. The Bertz CT molecular complexity index is 559. The fourth-order valence-corrected chi connectivity index (χ4v) is 2.01. The summed E-state index contributed by atoms with van der Waals surface area (Å²) in [6.07, 6.45) is 2.89. The average Bonchev–Trinajstić information content (AvgIpc) is 2.26. The minimum absolute atomic E-state index is 0.0283. The molecule has 0 aromatic heterocycles. The van der Waals surface area contributed by atoms with Crippen molar-refractivity contribution in [1.82, 2.24) is 0 Å². The smallest absolute Gasteiger partial charge is 0.310 e. The summed E-state index contributed by atoms with van der Waals surface area (Å²) in [4.78, 5) is 23.7. The van der Waals surface area contributed by atoms with Gasteiger partial charge in [-0.2, -0.15) is 0 Å². The third-order valence-corrected chi connectivity index (χ3v) is 2.84. The number of esters is 1. The van der Waals surface area contributed by atoms with E-state index >= 15 is 0 Å². The van der Waals surface area contributed by atoms with Crippen molar-refractivity contribution in [3.8, 4) is 11.5 Å². The van der Waals surface area contributed by atoms with E-state index in [1.807, 2.05) is 0 Å². The van der Waals surface area contributed by atoms with Crippen LogP contribution >= 0.6 is 0 Å². The number of ketones is 1. The maximum atomic E-state index is 12.0. The molecule has 0 radical (unpaired) electrons. The molecule has 0 amide bonds. The monoisotopic (exact) mass is 262 g/mol. The number of benzene rings is 1. The van der Waals surface area contributed by atoms with Crippen LogP contribution in [0.15, 0.2) is 24.3 Å². The van der Waals surface area contributed by atoms with E-state index in [2.05, 4.69) is 0 Å². The third kappa shape index (κ3) is 2.93. The van der Waals surface area contributed by atoms with Crippen molar-refractivity contribution in [2.24, 2.45) is 0 Å². The van der Waals surface area contributed by atoms with Crippen LogP contribution in [0.1, 0.15) is 29.3 Å². The predicted molar refractivity (Wildman–Crippen MR) is 67.1 cm³/mol. The second-order valence-corrected chi connectivity index (χ2v) is 4.48. The van der Waals surface area contributed by atoms with Crippen LogP contribution in [0.25, 0.3) is 0 Å². The lowest BCUT2D eigenvalue weighted by Crippen LogP contribution is -2.18. The summed E-state index contributed by atoms with van der Waals surface area (Å²) in [5.74, 6) is -1.44. The largest absolute Gasteiger partial charge is 0.508 e. The average molecular weight is 262 g/mol. The number of carbonyl (C=O) groups excluding carboxylic acids is 2. The maximum Gasteiger partial charge on any atom is 0.310 e. The lowest BCUT2D eigenvalue weighted by Gasteiger charge is -2.15. The van der Waals surface area contributed by atoms with E-state index in [0.29, 0.717) is 6.42 Å². The number of hydrogen-bond acceptors (Lipinski definition) is 5. The van der Waals surface area contributed by atoms with Gasteiger partial charge in [0.05, 0.1) is 12.0 Å². The molecule has 19 heavy (non-hydrogen) atoms. The minimum Gasteiger partial charge on any atom is -0.508 e. The normalized spacial score (nSPS) is 21.4. The van der Waals surface area contributed by atoms with E-state index in [0.717, 1.165) is 6.07 Å². The number of ether oxygens (including phenoxy) is 1. The number of cyclic esters (lactones) is 1. The van der Waals surface area contributed by atoms with Gasteiger partial charge in [0.25, 0.3) is 0 Å². The molecular formula is C14H14O5. The molecule has 0 unspecified atom stereocenters. The number of aromatic hydroxyl groups is 2. The van der Waals surface area contributed by atoms with Crippen molar-refractivity contribution in [3.05, 3.63) is 35.4 Å². The van der Waals surface area contributed by atoms with Gasteiger partial charge in [0.1, 0.15) is 17.6 Å². The number of carbonyl (C=O) groups is 2. The fourth-order valence-electron chi connectivity index (χ4n) is 2.01. The second-order valence-electron chi connectivity index (χ2n) is 4.48. The van der Waals surface area contributed by atoms with Crippen LogP contribution in [-0.4, -0.2) is 28.1 Å². The summed E-state index contributed by atoms with van der Waals surface area (Å²) in [6, 6.07) is 2.36. The molecule has 0 aliphatic carbocycles. The first kappa shape index (κ1) is 13.1. The molecule has 0 fully saturated rings. The van der Waals surface area contributed by atoms with Gasteiger partial charge in [-0.25, -0.2) is 0 Å². The predicted octanol–water partition coefficient (Wildman–Crippen LogP) is 1.71. The van der Waals surface area contributed by atoms with Crippen LogP contribution in [0.5, 0.6) is 11.5 Å². The van der Waals surface area contributed by atoms with Crippen LogP contribution in [0.3, 0.4) is 0 Å². The first-order valence-corrected chi connectivity index (χ1v) is 5.92. The van der Waals surface area contributed by atoms with Crippen LogP contribution in [-0.2, 0) is 16.0 Å². The lowest BCUT2D eigenvalue weighted by molar-refractivity contribution is -0.147. The maximum absolute atomic E-state index is 12.0. The fraction of sp³-hybridized carbons (Fsp3) is 0.286. The van der Waals surface area contributed by atoms with Gasteiger partial charge in [-0.3, -0.25) is 9.59 Å². The zero-order valence-corrected chi connectivity index (χ0v) is 10.4. The molecule has 1 aromatic rings. The van der Waals surface area contributed by atoms with Gasteiger partial charge in [-0.1, -0.05) is 6.08 Å². The standard InChI is InChI=1S/C14H14O5/c1-8-3-2-4-11(16)14-9(6-13(18)19-8)5-10(15)7-12(14)17/h2,4-5,7-8,15,17H,3,6H2,1H3/b4-2+/t8-/m0/s1. The van der Waals surface area contributed by atoms with Crippen LogP contribution in [0.2, 0.25) is 0 Å². The highest BCUT2D eigenvalue weighted by molar-refractivity contribution is 6.08. The summed E-state index contributed by atoms with van der Waals surface area (Å²) < 4.78 is 5.13. The van der Waals surface area contributed by atoms with E-state index < -0.39 is 11.8 Å². The molecule has 0 saturated heterocycles. The molecule has 2 rings (SSSR count). The van der Waals surface area contributed by atoms with Gasteiger partial charge in [-0.05, 0) is 24.6 Å². The Morgan fingerprint density at radius 1 is 1.26 bits per heavy atom. The first-order valence-electron chi connectivity index (χ1n) is 5.92. The molecule has 5 nitrogen and oxygen atoms in total. The van der Waals surface area contributed by atoms with Crippen molar-refractivity contribution in [3.63, 3.8) is 0 Å². The number of phenols is 2. The minimum atomic E-state index is -0.498. The SMILES string of the molecule is C[C@H]1C/C=C/C(=O)c2c(O)cc(O)cc2CC(=O)O1. The summed E-state index contributed by atoms with van der Waals surface area (Å²) in [6.45, 7) is 1.73. The van der Waals surface area contributed by atoms with Gasteiger partial charge >= 0.3 is 5.97 Å². The highest BCUT2D eigenvalue weighted by atomic mass is 16.5. The number of phenolic OH excluding ortho intramolecular Hbond substituents is 2. The highest BCUT2D eigenvalue weighted by Gasteiger charge is 2.20. The van der Waals surface area contributed by atoms with Gasteiger partial charge in [0, 0.05) is 12.5 Å². The van der Waals surface area contributed by atoms with Crippen molar-refractivity contribution in [2.75, 3.05) is 0 Å². The van der Waals surface area contributed by atoms with Crippen LogP contribution in [0, 0.1) is 0 Å². The van der Waals surface area contributed by atoms with E-state index in [1.54, 1.807) is 13.0 Å². The lowest BCUT2D eigenvalue weighted by atomic mass is 9.98. The summed E-state index contributed by atoms with van der Waals surface area (Å²) in [7, 11) is 0. The molecule has 5 heteroatoms. The number of rotatable bonds is 0. The molecule has 1 aliphatic heterocycles. The molecule has 0 spiro atoms. The quantitative estimate of drug-likeness (QED) is 0.695. The summed E-state index contributed by atoms with van der Waals surface area (Å²) >= 11 is 0. The van der Waals surface area contributed by atoms with Gasteiger partial charge in [0.2, 0.25) is 0 Å². The van der Waals surface area contributed by atoms with Crippen molar-refractivity contribution in [1.29, 1.82) is 0 Å². The molecule has 1 heterocycles. The van der Waals surface area contributed by atoms with Gasteiger partial charge < -0.3 is 14.9 Å². The Kier molecular flexibility index (Phi) is 3.55. The van der Waals surface area contributed by atoms with Crippen molar-refractivity contribution < 1.29 is 24.5 Å². The number of allylic oxidation sites excluding steroid dienone is 1. The molecule has 100 valence electrons. The first-order chi connectivity index (χ1) is 8.97. The third-order valence-electron chi connectivity index (χ3n) is 2.84. The molecule has 0 bridgehead atoms. The van der Waals surface area contributed by atoms with Crippen molar-refractivity contribution >= 4 is 11.8 Å². The Morgan fingerprint density at radius 2 is 2.00 bits per heavy atom. The second kappa shape index (κ2) is 5.14. The highest BCUT2D eigenvalue weighted by Crippen LogP contribution is 2.29. The number of hydrogen-bond donors (Lipinski definition) is 2. The Labute approximate surface area is 110 Å². The Balaban J connectivity index is 2.52. The molecule has 1 aliphatic rings. The van der Waals surface area contributed by atoms with E-state index in [1.165, 1.54) is 12.1 Å². The topological polar surface area (TPSA) is 83.8 Å². The summed E-state index contributed by atoms with van der Waals surface area (Å²) in [5, 5.41) is 19.2.